The summed E-state index contributed by atoms with van der Waals surface area (Å²) in [6, 6.07) is 9.05. The Balaban J connectivity index is 2.11. The van der Waals surface area contributed by atoms with E-state index in [4.69, 9.17) is 11.6 Å². The number of benzene rings is 2. The van der Waals surface area contributed by atoms with Crippen molar-refractivity contribution in [3.8, 4) is 11.4 Å². The number of H-pyrrole nitrogens is 1. The smallest absolute Gasteiger partial charge is 0.416 e. The van der Waals surface area contributed by atoms with Gasteiger partial charge < -0.3 is 5.11 Å². The molecule has 25 heavy (non-hydrogen) atoms. The Morgan fingerprint density at radius 3 is 2.64 bits per heavy atom. The molecule has 0 atom stereocenters. The monoisotopic (exact) mass is 369 g/mol. The van der Waals surface area contributed by atoms with Crippen LogP contribution in [0.25, 0.3) is 5.69 Å². The lowest BCUT2D eigenvalue weighted by molar-refractivity contribution is -0.138. The highest BCUT2D eigenvalue weighted by Crippen LogP contribution is 2.33. The summed E-state index contributed by atoms with van der Waals surface area (Å²) in [6.07, 6.45) is -4.80. The van der Waals surface area contributed by atoms with Gasteiger partial charge in [-0.15, -0.1) is 0 Å². The number of phenolic OH excluding ortho intramolecular Hbond substituents is 1. The predicted molar refractivity (Wildman–Crippen MR) is 85.1 cm³/mol. The standard InChI is InChI=1S/C16H11ClF3N3O2/c17-10-5-6-13(24)12(8-10)23-14(21-22-15(23)25)7-9-3-1-2-4-11(9)16(18,19)20/h1-6,8,24H,7H2,(H,22,25). The average molecular weight is 370 g/mol. The Morgan fingerprint density at radius 1 is 1.20 bits per heavy atom. The van der Waals surface area contributed by atoms with Gasteiger partial charge in [-0.05, 0) is 29.8 Å². The van der Waals surface area contributed by atoms with Crippen LogP contribution in [-0.4, -0.2) is 19.9 Å². The number of halogens is 4. The van der Waals surface area contributed by atoms with E-state index < -0.39 is 17.4 Å². The van der Waals surface area contributed by atoms with E-state index >= 15 is 0 Å². The first-order valence-corrected chi connectivity index (χ1v) is 7.45. The van der Waals surface area contributed by atoms with Crippen molar-refractivity contribution in [2.24, 2.45) is 0 Å². The molecule has 0 saturated heterocycles. The molecule has 0 aliphatic rings. The zero-order valence-electron chi connectivity index (χ0n) is 12.5. The summed E-state index contributed by atoms with van der Waals surface area (Å²) in [5.74, 6) is -0.238. The van der Waals surface area contributed by atoms with Crippen molar-refractivity contribution in [1.82, 2.24) is 14.8 Å². The molecule has 0 amide bonds. The highest BCUT2D eigenvalue weighted by Gasteiger charge is 2.33. The summed E-state index contributed by atoms with van der Waals surface area (Å²) in [5, 5.41) is 16.2. The Hall–Kier alpha value is -2.74. The zero-order chi connectivity index (χ0) is 18.2. The first-order chi connectivity index (χ1) is 11.8. The highest BCUT2D eigenvalue weighted by molar-refractivity contribution is 6.30. The summed E-state index contributed by atoms with van der Waals surface area (Å²) < 4.78 is 40.4. The molecule has 0 aliphatic carbocycles. The maximum absolute atomic E-state index is 13.1. The van der Waals surface area contributed by atoms with Gasteiger partial charge in [-0.25, -0.2) is 14.5 Å². The van der Waals surface area contributed by atoms with Crippen LogP contribution in [0.5, 0.6) is 5.75 Å². The van der Waals surface area contributed by atoms with E-state index in [1.54, 1.807) is 0 Å². The second kappa shape index (κ2) is 6.29. The number of nitrogens with zero attached hydrogens (tertiary/aromatic N) is 2. The van der Waals surface area contributed by atoms with Crippen LogP contribution in [0.2, 0.25) is 5.02 Å². The molecule has 0 unspecified atom stereocenters. The van der Waals surface area contributed by atoms with Crippen molar-refractivity contribution in [3.63, 3.8) is 0 Å². The number of hydrogen-bond acceptors (Lipinski definition) is 3. The second-order valence-corrected chi connectivity index (χ2v) is 5.68. The SMILES string of the molecule is O=c1[nH]nc(Cc2ccccc2C(F)(F)F)n1-c1cc(Cl)ccc1O. The van der Waals surface area contributed by atoms with Crippen molar-refractivity contribution in [1.29, 1.82) is 0 Å². The molecule has 0 spiro atoms. The van der Waals surface area contributed by atoms with Gasteiger partial charge in [0.05, 0.1) is 11.3 Å². The van der Waals surface area contributed by atoms with Gasteiger partial charge in [0, 0.05) is 11.4 Å². The lowest BCUT2D eigenvalue weighted by Crippen LogP contribution is -2.18. The number of alkyl halides is 3. The van der Waals surface area contributed by atoms with E-state index in [-0.39, 0.29) is 34.3 Å². The van der Waals surface area contributed by atoms with Crippen LogP contribution in [0.4, 0.5) is 13.2 Å². The number of rotatable bonds is 3. The minimum Gasteiger partial charge on any atom is -0.506 e. The van der Waals surface area contributed by atoms with Crippen LogP contribution in [0, 0.1) is 0 Å². The normalized spacial score (nSPS) is 11.7. The fourth-order valence-electron chi connectivity index (χ4n) is 2.49. The van der Waals surface area contributed by atoms with Gasteiger partial charge in [0.15, 0.2) is 0 Å². The molecule has 1 heterocycles. The van der Waals surface area contributed by atoms with E-state index in [1.165, 1.54) is 36.4 Å². The predicted octanol–water partition coefficient (Wildman–Crippen LogP) is 3.53. The van der Waals surface area contributed by atoms with Crippen LogP contribution >= 0.6 is 11.6 Å². The number of aromatic hydroxyl groups is 1. The molecule has 0 bridgehead atoms. The second-order valence-electron chi connectivity index (χ2n) is 5.25. The average Bonchev–Trinajstić information content (AvgIpc) is 2.90. The first kappa shape index (κ1) is 17.1. The van der Waals surface area contributed by atoms with Crippen molar-refractivity contribution in [2.45, 2.75) is 12.6 Å². The van der Waals surface area contributed by atoms with E-state index in [2.05, 4.69) is 10.2 Å². The molecule has 3 rings (SSSR count). The van der Waals surface area contributed by atoms with Gasteiger partial charge in [0.25, 0.3) is 0 Å². The molecule has 0 fully saturated rings. The fraction of sp³-hybridized carbons (Fsp3) is 0.125. The summed E-state index contributed by atoms with van der Waals surface area (Å²) in [4.78, 5) is 12.0. The van der Waals surface area contributed by atoms with E-state index in [0.29, 0.717) is 0 Å². The number of nitrogens with one attached hydrogen (secondary N) is 1. The molecule has 9 heteroatoms. The van der Waals surface area contributed by atoms with Crippen LogP contribution in [-0.2, 0) is 12.6 Å². The van der Waals surface area contributed by atoms with Crippen LogP contribution in [0.3, 0.4) is 0 Å². The maximum Gasteiger partial charge on any atom is 0.416 e. The van der Waals surface area contributed by atoms with Crippen LogP contribution in [0.15, 0.2) is 47.3 Å². The van der Waals surface area contributed by atoms with Crippen LogP contribution in [0.1, 0.15) is 17.0 Å². The molecule has 3 aromatic rings. The van der Waals surface area contributed by atoms with E-state index in [0.717, 1.165) is 10.6 Å². The Kier molecular flexibility index (Phi) is 4.30. The Morgan fingerprint density at radius 2 is 1.92 bits per heavy atom. The zero-order valence-corrected chi connectivity index (χ0v) is 13.3. The van der Waals surface area contributed by atoms with Crippen molar-refractivity contribution in [3.05, 3.63) is 74.9 Å². The van der Waals surface area contributed by atoms with E-state index in [9.17, 15) is 23.1 Å². The molecule has 2 aromatic carbocycles. The molecular weight excluding hydrogens is 359 g/mol. The molecule has 1 aromatic heterocycles. The lowest BCUT2D eigenvalue weighted by atomic mass is 10.0. The third kappa shape index (κ3) is 3.39. The Labute approximate surface area is 144 Å². The van der Waals surface area contributed by atoms with Gasteiger partial charge in [0.1, 0.15) is 11.6 Å². The van der Waals surface area contributed by atoms with Crippen molar-refractivity contribution in [2.75, 3.05) is 0 Å². The minimum absolute atomic E-state index is 0.0132. The number of aromatic nitrogens is 3. The van der Waals surface area contributed by atoms with Gasteiger partial charge in [-0.2, -0.15) is 18.3 Å². The van der Waals surface area contributed by atoms with Crippen molar-refractivity contribution >= 4 is 11.6 Å². The summed E-state index contributed by atoms with van der Waals surface area (Å²) in [7, 11) is 0. The minimum atomic E-state index is -4.53. The number of hydrogen-bond donors (Lipinski definition) is 2. The third-order valence-electron chi connectivity index (χ3n) is 3.59. The molecular formula is C16H11ClF3N3O2. The molecule has 0 saturated carbocycles. The maximum atomic E-state index is 13.1. The Bertz CT molecular complexity index is 979. The quantitative estimate of drug-likeness (QED) is 0.742. The summed E-state index contributed by atoms with van der Waals surface area (Å²) >= 11 is 5.88. The number of phenols is 1. The lowest BCUT2D eigenvalue weighted by Gasteiger charge is -2.13. The van der Waals surface area contributed by atoms with Crippen molar-refractivity contribution < 1.29 is 18.3 Å². The summed E-state index contributed by atoms with van der Waals surface area (Å²) in [5.41, 5.74) is -1.52. The molecule has 0 radical (unpaired) electrons. The summed E-state index contributed by atoms with van der Waals surface area (Å²) in [6.45, 7) is 0. The van der Waals surface area contributed by atoms with Gasteiger partial charge in [-0.1, -0.05) is 29.8 Å². The first-order valence-electron chi connectivity index (χ1n) is 7.07. The fourth-order valence-corrected chi connectivity index (χ4v) is 2.66. The van der Waals surface area contributed by atoms with Crippen LogP contribution < -0.4 is 5.69 Å². The van der Waals surface area contributed by atoms with Gasteiger partial charge in [-0.3, -0.25) is 0 Å². The van der Waals surface area contributed by atoms with Gasteiger partial charge in [0.2, 0.25) is 0 Å². The molecule has 5 nitrogen and oxygen atoms in total. The van der Waals surface area contributed by atoms with E-state index in [1.807, 2.05) is 0 Å². The number of aromatic amines is 1. The molecule has 0 aliphatic heterocycles. The molecule has 130 valence electrons. The highest BCUT2D eigenvalue weighted by atomic mass is 35.5. The third-order valence-corrected chi connectivity index (χ3v) is 3.83. The largest absolute Gasteiger partial charge is 0.506 e. The molecule has 2 N–H and O–H groups in total. The topological polar surface area (TPSA) is 70.9 Å². The van der Waals surface area contributed by atoms with Gasteiger partial charge >= 0.3 is 11.9 Å².